The monoisotopic (exact) mass is 638 g/mol. The summed E-state index contributed by atoms with van der Waals surface area (Å²) in [6.07, 6.45) is 3.56. The maximum atomic E-state index is 6.31. The Balaban J connectivity index is 1.10. The summed E-state index contributed by atoms with van der Waals surface area (Å²) in [6, 6.07) is 51.7. The van der Waals surface area contributed by atoms with Crippen molar-refractivity contribution in [2.45, 2.75) is 0 Å². The van der Waals surface area contributed by atoms with E-state index < -0.39 is 0 Å². The number of hydrogen-bond acceptors (Lipinski definition) is 5. The van der Waals surface area contributed by atoms with Crippen molar-refractivity contribution in [3.63, 3.8) is 0 Å². The molecule has 1 aliphatic rings. The Morgan fingerprint density at radius 3 is 2.20 bits per heavy atom. The van der Waals surface area contributed by atoms with E-state index in [4.69, 9.17) is 14.4 Å². The highest BCUT2D eigenvalue weighted by Crippen LogP contribution is 2.53. The first-order chi connectivity index (χ1) is 24.8. The van der Waals surface area contributed by atoms with Crippen molar-refractivity contribution >= 4 is 71.4 Å². The largest absolute Gasteiger partial charge is 0.452 e. The number of rotatable bonds is 3. The molecule has 1 aliphatic heterocycles. The van der Waals surface area contributed by atoms with Crippen LogP contribution in [0.2, 0.25) is 0 Å². The van der Waals surface area contributed by atoms with E-state index in [2.05, 4.69) is 125 Å². The molecule has 0 radical (unpaired) electrons. The normalized spacial score (nSPS) is 12.4. The average Bonchev–Trinajstić information content (AvgIpc) is 3.56. The van der Waals surface area contributed by atoms with Crippen molar-refractivity contribution in [2.24, 2.45) is 0 Å². The number of nitrogens with zero attached hydrogens (tertiary/aromatic N) is 4. The summed E-state index contributed by atoms with van der Waals surface area (Å²) >= 11 is 0. The number of anilines is 3. The molecule has 0 bridgehead atoms. The summed E-state index contributed by atoms with van der Waals surface area (Å²) in [5.74, 6) is 0.654. The number of para-hydroxylation sites is 1. The van der Waals surface area contributed by atoms with E-state index in [1.807, 2.05) is 30.3 Å². The summed E-state index contributed by atoms with van der Waals surface area (Å²) < 4.78 is 6.31. The summed E-state index contributed by atoms with van der Waals surface area (Å²) in [4.78, 5) is 16.8. The molecule has 0 fully saturated rings. The lowest BCUT2D eigenvalue weighted by molar-refractivity contribution is 0.667. The molecule has 7 aromatic carbocycles. The number of hydrogen-bond donors (Lipinski definition) is 0. The van der Waals surface area contributed by atoms with Gasteiger partial charge in [0.05, 0.1) is 11.4 Å². The average molecular weight is 639 g/mol. The molecular weight excluding hydrogens is 613 g/mol. The van der Waals surface area contributed by atoms with Gasteiger partial charge in [0.2, 0.25) is 0 Å². The molecule has 10 aromatic rings. The van der Waals surface area contributed by atoms with Gasteiger partial charge in [-0.15, -0.1) is 0 Å². The van der Waals surface area contributed by atoms with Gasteiger partial charge in [0, 0.05) is 50.9 Å². The fourth-order valence-corrected chi connectivity index (χ4v) is 7.77. The van der Waals surface area contributed by atoms with E-state index in [1.54, 1.807) is 12.4 Å². The lowest BCUT2D eigenvalue weighted by Gasteiger charge is -2.34. The van der Waals surface area contributed by atoms with Gasteiger partial charge in [-0.25, -0.2) is 9.97 Å². The van der Waals surface area contributed by atoms with Gasteiger partial charge in [-0.05, 0) is 75.6 Å². The zero-order chi connectivity index (χ0) is 32.8. The van der Waals surface area contributed by atoms with Gasteiger partial charge in [-0.1, -0.05) is 97.1 Å². The van der Waals surface area contributed by atoms with Crippen molar-refractivity contribution < 1.29 is 4.42 Å². The molecule has 0 N–H and O–H groups in total. The topological polar surface area (TPSA) is 55.1 Å². The molecule has 0 saturated carbocycles. The van der Waals surface area contributed by atoms with Crippen LogP contribution in [0, 0.1) is 0 Å². The third kappa shape index (κ3) is 3.92. The maximum Gasteiger partial charge on any atom is 0.180 e. The SMILES string of the molecule is c1ccc2c3c(ccc2c1)-c1cccc2cccc(c12)N3c1ccc2cc(-c3nc(-c4ccncc4)c4oc5ccccc5c4n3)ccc2c1. The second kappa shape index (κ2) is 10.3. The first-order valence-electron chi connectivity index (χ1n) is 16.8. The Kier molecular flexibility index (Phi) is 5.60. The molecule has 0 amide bonds. The van der Waals surface area contributed by atoms with Crippen LogP contribution in [-0.2, 0) is 0 Å². The smallest absolute Gasteiger partial charge is 0.180 e. The standard InChI is InChI=1S/C45H26N4O/c1-2-10-34-27(7-1)18-20-36-35-12-5-8-28-9-6-13-38(40(28)35)49(43(34)36)33-19-17-30-25-32(16-15-31(30)26-33)45-47-41(29-21-23-46-24-22-29)44-42(48-45)37-11-3-4-14-39(37)50-44/h1-26H. The van der Waals surface area contributed by atoms with E-state index in [9.17, 15) is 0 Å². The van der Waals surface area contributed by atoms with Crippen LogP contribution < -0.4 is 4.90 Å². The lowest BCUT2D eigenvalue weighted by Crippen LogP contribution is -2.15. The minimum Gasteiger partial charge on any atom is -0.452 e. The first kappa shape index (κ1) is 27.1. The van der Waals surface area contributed by atoms with Crippen LogP contribution in [-0.4, -0.2) is 15.0 Å². The zero-order valence-electron chi connectivity index (χ0n) is 26.7. The molecule has 232 valence electrons. The van der Waals surface area contributed by atoms with Gasteiger partial charge < -0.3 is 9.32 Å². The van der Waals surface area contributed by atoms with Crippen molar-refractivity contribution in [2.75, 3.05) is 4.90 Å². The summed E-state index contributed by atoms with van der Waals surface area (Å²) in [6.45, 7) is 0. The molecule has 5 heteroatoms. The highest BCUT2D eigenvalue weighted by Gasteiger charge is 2.28. The van der Waals surface area contributed by atoms with Gasteiger partial charge in [0.1, 0.15) is 16.8 Å². The molecule has 11 rings (SSSR count). The van der Waals surface area contributed by atoms with Crippen molar-refractivity contribution in [1.29, 1.82) is 0 Å². The van der Waals surface area contributed by atoms with Crippen LogP contribution in [0.4, 0.5) is 17.1 Å². The van der Waals surface area contributed by atoms with Crippen LogP contribution in [0.1, 0.15) is 0 Å². The van der Waals surface area contributed by atoms with Crippen LogP contribution in [0.3, 0.4) is 0 Å². The number of furan rings is 1. The molecule has 0 unspecified atom stereocenters. The van der Waals surface area contributed by atoms with Crippen LogP contribution in [0.15, 0.2) is 162 Å². The molecular formula is C45H26N4O. The third-order valence-electron chi connectivity index (χ3n) is 10.1. The van der Waals surface area contributed by atoms with Gasteiger partial charge >= 0.3 is 0 Å². The Morgan fingerprint density at radius 2 is 1.28 bits per heavy atom. The first-order valence-corrected chi connectivity index (χ1v) is 16.8. The fraction of sp³-hybridized carbons (Fsp3) is 0. The third-order valence-corrected chi connectivity index (χ3v) is 10.1. The van der Waals surface area contributed by atoms with Crippen LogP contribution in [0.25, 0.3) is 88.2 Å². The number of pyridine rings is 1. The van der Waals surface area contributed by atoms with Gasteiger partial charge in [0.25, 0.3) is 0 Å². The molecule has 0 saturated heterocycles. The predicted molar refractivity (Wildman–Crippen MR) is 204 cm³/mol. The van der Waals surface area contributed by atoms with Crippen LogP contribution in [0.5, 0.6) is 0 Å². The van der Waals surface area contributed by atoms with Gasteiger partial charge in [0.15, 0.2) is 11.4 Å². The van der Waals surface area contributed by atoms with Crippen molar-refractivity contribution in [3.05, 3.63) is 158 Å². The van der Waals surface area contributed by atoms with Crippen molar-refractivity contribution in [1.82, 2.24) is 15.0 Å². The zero-order valence-corrected chi connectivity index (χ0v) is 26.7. The Morgan fingerprint density at radius 1 is 0.520 bits per heavy atom. The highest BCUT2D eigenvalue weighted by molar-refractivity contribution is 6.19. The van der Waals surface area contributed by atoms with E-state index in [0.717, 1.165) is 49.8 Å². The molecule has 4 heterocycles. The molecule has 50 heavy (non-hydrogen) atoms. The van der Waals surface area contributed by atoms with Crippen LogP contribution >= 0.6 is 0 Å². The summed E-state index contributed by atoms with van der Waals surface area (Å²) in [5, 5.41) is 8.20. The molecule has 0 spiro atoms. The quantitative estimate of drug-likeness (QED) is 0.193. The molecule has 0 aliphatic carbocycles. The fourth-order valence-electron chi connectivity index (χ4n) is 7.77. The molecule has 3 aromatic heterocycles. The second-order valence-corrected chi connectivity index (χ2v) is 12.9. The van der Waals surface area contributed by atoms with E-state index in [1.165, 1.54) is 44.0 Å². The number of fused-ring (bicyclic) bond motifs is 8. The summed E-state index contributed by atoms with van der Waals surface area (Å²) in [7, 11) is 0. The van der Waals surface area contributed by atoms with E-state index >= 15 is 0 Å². The van der Waals surface area contributed by atoms with E-state index in [-0.39, 0.29) is 0 Å². The molecule has 0 atom stereocenters. The van der Waals surface area contributed by atoms with Crippen molar-refractivity contribution in [3.8, 4) is 33.8 Å². The van der Waals surface area contributed by atoms with E-state index in [0.29, 0.717) is 11.4 Å². The van der Waals surface area contributed by atoms with Gasteiger partial charge in [-0.3, -0.25) is 4.98 Å². The molecule has 5 nitrogen and oxygen atoms in total. The highest BCUT2D eigenvalue weighted by atomic mass is 16.3. The number of benzene rings is 7. The Bertz CT molecular complexity index is 3000. The minimum atomic E-state index is 0.654. The number of aromatic nitrogens is 3. The lowest BCUT2D eigenvalue weighted by atomic mass is 9.88. The van der Waals surface area contributed by atoms with Gasteiger partial charge in [-0.2, -0.15) is 0 Å². The second-order valence-electron chi connectivity index (χ2n) is 12.9. The summed E-state index contributed by atoms with van der Waals surface area (Å²) in [5.41, 5.74) is 10.9. The maximum absolute atomic E-state index is 6.31. The predicted octanol–water partition coefficient (Wildman–Crippen LogP) is 12.0. The Hall–Kier alpha value is -6.85. The Labute approximate surface area is 286 Å². The minimum absolute atomic E-state index is 0.654.